The van der Waals surface area contributed by atoms with Crippen LogP contribution in [0.5, 0.6) is 0 Å². The van der Waals surface area contributed by atoms with Crippen molar-refractivity contribution in [1.82, 2.24) is 9.55 Å². The minimum atomic E-state index is 0.471. The molecule has 1 aromatic heterocycles. The summed E-state index contributed by atoms with van der Waals surface area (Å²) in [5.74, 6) is 2.68. The number of imidazole rings is 1. The van der Waals surface area contributed by atoms with Crippen LogP contribution in [-0.2, 0) is 0 Å². The second-order valence-corrected chi connectivity index (χ2v) is 5.61. The summed E-state index contributed by atoms with van der Waals surface area (Å²) in [7, 11) is 0. The maximum Gasteiger partial charge on any atom is 0.203 e. The van der Waals surface area contributed by atoms with E-state index in [-0.39, 0.29) is 0 Å². The zero-order valence-electron chi connectivity index (χ0n) is 11.5. The molecule has 0 aromatic carbocycles. The summed E-state index contributed by atoms with van der Waals surface area (Å²) in [4.78, 5) is 4.44. The van der Waals surface area contributed by atoms with Gasteiger partial charge in [0, 0.05) is 24.5 Å². The van der Waals surface area contributed by atoms with E-state index in [9.17, 15) is 0 Å². The molecule has 1 aromatic rings. The first-order chi connectivity index (χ1) is 8.13. The minimum Gasteiger partial charge on any atom is -0.353 e. The van der Waals surface area contributed by atoms with Crippen molar-refractivity contribution in [2.45, 2.75) is 59.0 Å². The summed E-state index contributed by atoms with van der Waals surface area (Å²) in [5, 5.41) is 3.64. The van der Waals surface area contributed by atoms with Crippen LogP contribution in [0.3, 0.4) is 0 Å². The monoisotopic (exact) mass is 235 g/mol. The molecular formula is C14H25N3. The molecule has 3 heteroatoms. The molecule has 0 saturated heterocycles. The van der Waals surface area contributed by atoms with Crippen LogP contribution < -0.4 is 5.32 Å². The maximum absolute atomic E-state index is 4.44. The maximum atomic E-state index is 4.44. The van der Waals surface area contributed by atoms with Crippen LogP contribution in [0.4, 0.5) is 5.95 Å². The van der Waals surface area contributed by atoms with Crippen LogP contribution in [0.2, 0.25) is 0 Å². The van der Waals surface area contributed by atoms with E-state index in [1.807, 2.05) is 6.20 Å². The zero-order chi connectivity index (χ0) is 12.4. The van der Waals surface area contributed by atoms with Crippen LogP contribution in [0.1, 0.15) is 53.0 Å². The lowest BCUT2D eigenvalue weighted by Crippen LogP contribution is -2.26. The molecule has 0 aliphatic heterocycles. The summed E-state index contributed by atoms with van der Waals surface area (Å²) in [5.41, 5.74) is 0. The average molecular weight is 235 g/mol. The second-order valence-electron chi connectivity index (χ2n) is 5.61. The lowest BCUT2D eigenvalue weighted by molar-refractivity contribution is 0.390. The van der Waals surface area contributed by atoms with E-state index in [2.05, 4.69) is 48.8 Å². The van der Waals surface area contributed by atoms with E-state index >= 15 is 0 Å². The molecule has 0 bridgehead atoms. The fraction of sp³-hybridized carbons (Fsp3) is 0.786. The normalized spacial score (nSPS) is 28.9. The number of hydrogen-bond acceptors (Lipinski definition) is 2. The molecule has 2 rings (SSSR count). The number of nitrogens with zero attached hydrogens (tertiary/aromatic N) is 2. The Balaban J connectivity index is 2.04. The van der Waals surface area contributed by atoms with Gasteiger partial charge < -0.3 is 9.88 Å². The van der Waals surface area contributed by atoms with Crippen molar-refractivity contribution in [3.8, 4) is 0 Å². The molecule has 0 amide bonds. The molecule has 17 heavy (non-hydrogen) atoms. The Labute approximate surface area is 105 Å². The number of rotatable bonds is 4. The number of anilines is 1. The first-order valence-electron chi connectivity index (χ1n) is 6.92. The predicted octanol–water partition coefficient (Wildman–Crippen LogP) is 3.70. The van der Waals surface area contributed by atoms with E-state index in [1.165, 1.54) is 19.3 Å². The Morgan fingerprint density at radius 1 is 1.47 bits per heavy atom. The topological polar surface area (TPSA) is 29.9 Å². The van der Waals surface area contributed by atoms with Crippen molar-refractivity contribution in [2.75, 3.05) is 5.32 Å². The van der Waals surface area contributed by atoms with Gasteiger partial charge in [-0.2, -0.15) is 0 Å². The Morgan fingerprint density at radius 2 is 2.24 bits per heavy atom. The third-order valence-corrected chi connectivity index (χ3v) is 4.29. The van der Waals surface area contributed by atoms with Gasteiger partial charge in [0.05, 0.1) is 0 Å². The molecule has 3 unspecified atom stereocenters. The van der Waals surface area contributed by atoms with Gasteiger partial charge in [-0.05, 0) is 38.5 Å². The van der Waals surface area contributed by atoms with Gasteiger partial charge in [0.15, 0.2) is 0 Å². The fourth-order valence-electron chi connectivity index (χ4n) is 3.03. The molecule has 3 nitrogen and oxygen atoms in total. The van der Waals surface area contributed by atoms with Crippen molar-refractivity contribution in [3.63, 3.8) is 0 Å². The van der Waals surface area contributed by atoms with E-state index < -0.39 is 0 Å². The molecule has 96 valence electrons. The Hall–Kier alpha value is -0.990. The molecule has 1 heterocycles. The Bertz CT molecular complexity index is 356. The lowest BCUT2D eigenvalue weighted by atomic mass is 9.93. The summed E-state index contributed by atoms with van der Waals surface area (Å²) < 4.78 is 2.21. The van der Waals surface area contributed by atoms with Gasteiger partial charge in [0.1, 0.15) is 0 Å². The van der Waals surface area contributed by atoms with Crippen molar-refractivity contribution < 1.29 is 0 Å². The fourth-order valence-corrected chi connectivity index (χ4v) is 3.03. The number of aromatic nitrogens is 2. The Morgan fingerprint density at radius 3 is 2.82 bits per heavy atom. The average Bonchev–Trinajstić information content (AvgIpc) is 2.88. The van der Waals surface area contributed by atoms with Crippen molar-refractivity contribution >= 4 is 5.95 Å². The van der Waals surface area contributed by atoms with Gasteiger partial charge in [-0.15, -0.1) is 0 Å². The van der Waals surface area contributed by atoms with Gasteiger partial charge in [-0.3, -0.25) is 0 Å². The smallest absolute Gasteiger partial charge is 0.203 e. The highest BCUT2D eigenvalue weighted by atomic mass is 15.2. The van der Waals surface area contributed by atoms with Crippen LogP contribution in [0.25, 0.3) is 0 Å². The molecule has 1 aliphatic carbocycles. The molecule has 1 saturated carbocycles. The molecule has 3 atom stereocenters. The van der Waals surface area contributed by atoms with Crippen LogP contribution in [-0.4, -0.2) is 15.6 Å². The SMILES string of the molecule is CCC1CCC(Nc2nccn2C(C)C)C1C. The van der Waals surface area contributed by atoms with Crippen LogP contribution in [0.15, 0.2) is 12.4 Å². The first-order valence-corrected chi connectivity index (χ1v) is 6.92. The summed E-state index contributed by atoms with van der Waals surface area (Å²) in [6, 6.07) is 1.07. The first kappa shape index (κ1) is 12.5. The highest BCUT2D eigenvalue weighted by molar-refractivity contribution is 5.29. The molecule has 1 aliphatic rings. The molecule has 1 N–H and O–H groups in total. The molecule has 1 fully saturated rings. The van der Waals surface area contributed by atoms with E-state index in [0.717, 1.165) is 17.8 Å². The van der Waals surface area contributed by atoms with Gasteiger partial charge in [0.25, 0.3) is 0 Å². The van der Waals surface area contributed by atoms with E-state index in [0.29, 0.717) is 12.1 Å². The highest BCUT2D eigenvalue weighted by Gasteiger charge is 2.32. The highest BCUT2D eigenvalue weighted by Crippen LogP contribution is 2.35. The standard InChI is InChI=1S/C14H25N3/c1-5-12-6-7-13(11(12)4)16-14-15-8-9-17(14)10(2)3/h8-13H,5-7H2,1-4H3,(H,15,16). The summed E-state index contributed by atoms with van der Waals surface area (Å²) >= 11 is 0. The molecular weight excluding hydrogens is 210 g/mol. The van der Waals surface area contributed by atoms with Crippen LogP contribution >= 0.6 is 0 Å². The number of hydrogen-bond donors (Lipinski definition) is 1. The Kier molecular flexibility index (Phi) is 3.75. The number of nitrogens with one attached hydrogen (secondary N) is 1. The van der Waals surface area contributed by atoms with Crippen LogP contribution in [0, 0.1) is 11.8 Å². The zero-order valence-corrected chi connectivity index (χ0v) is 11.5. The van der Waals surface area contributed by atoms with Gasteiger partial charge >= 0.3 is 0 Å². The predicted molar refractivity (Wildman–Crippen MR) is 72.2 cm³/mol. The minimum absolute atomic E-state index is 0.471. The van der Waals surface area contributed by atoms with Crippen molar-refractivity contribution in [1.29, 1.82) is 0 Å². The van der Waals surface area contributed by atoms with E-state index in [4.69, 9.17) is 0 Å². The third kappa shape index (κ3) is 2.48. The van der Waals surface area contributed by atoms with E-state index in [1.54, 1.807) is 0 Å². The molecule has 0 spiro atoms. The van der Waals surface area contributed by atoms with Gasteiger partial charge in [-0.1, -0.05) is 20.3 Å². The lowest BCUT2D eigenvalue weighted by Gasteiger charge is -2.22. The summed E-state index contributed by atoms with van der Waals surface area (Å²) in [6.07, 6.45) is 7.89. The quantitative estimate of drug-likeness (QED) is 0.862. The molecule has 0 radical (unpaired) electrons. The summed E-state index contributed by atoms with van der Waals surface area (Å²) in [6.45, 7) is 9.07. The largest absolute Gasteiger partial charge is 0.353 e. The van der Waals surface area contributed by atoms with Crippen molar-refractivity contribution in [2.24, 2.45) is 11.8 Å². The van der Waals surface area contributed by atoms with Gasteiger partial charge in [-0.25, -0.2) is 4.98 Å². The van der Waals surface area contributed by atoms with Gasteiger partial charge in [0.2, 0.25) is 5.95 Å². The second kappa shape index (κ2) is 5.11. The third-order valence-electron chi connectivity index (χ3n) is 4.29. The van der Waals surface area contributed by atoms with Crippen molar-refractivity contribution in [3.05, 3.63) is 12.4 Å².